The molecule has 8 heteroatoms. The Morgan fingerprint density at radius 3 is 2.62 bits per heavy atom. The number of rotatable bonds is 5. The van der Waals surface area contributed by atoms with Crippen LogP contribution in [0.5, 0.6) is 0 Å². The average molecular weight is 313 g/mol. The Hall–Kier alpha value is -2.22. The fourth-order valence-corrected chi connectivity index (χ4v) is 2.88. The minimum atomic E-state index is -4.09. The first-order valence-corrected chi connectivity index (χ1v) is 7.59. The number of benzene rings is 1. The number of halogens is 2. The van der Waals surface area contributed by atoms with Gasteiger partial charge in [0.05, 0.1) is 11.4 Å². The summed E-state index contributed by atoms with van der Waals surface area (Å²) in [5.41, 5.74) is -0.0421. The molecule has 2 N–H and O–H groups in total. The quantitative estimate of drug-likeness (QED) is 0.890. The van der Waals surface area contributed by atoms with Crippen molar-refractivity contribution < 1.29 is 17.2 Å². The maximum Gasteiger partial charge on any atom is 0.281 e. The number of pyridine rings is 1. The Morgan fingerprint density at radius 1 is 1.19 bits per heavy atom. The fourth-order valence-electron chi connectivity index (χ4n) is 1.70. The molecule has 0 aliphatic carbocycles. The van der Waals surface area contributed by atoms with E-state index in [1.165, 1.54) is 6.20 Å². The molecule has 0 aliphatic heterocycles. The normalized spacial score (nSPS) is 11.2. The number of nitrogens with one attached hydrogen (secondary N) is 2. The monoisotopic (exact) mass is 313 g/mol. The second-order valence-corrected chi connectivity index (χ2v) is 5.71. The topological polar surface area (TPSA) is 71.1 Å². The molecule has 0 spiro atoms. The Kier molecular flexibility index (Phi) is 4.37. The predicted octanol–water partition coefficient (Wildman–Crippen LogP) is 2.59. The van der Waals surface area contributed by atoms with Crippen molar-refractivity contribution in [2.24, 2.45) is 0 Å². The molecule has 0 saturated carbocycles. The zero-order valence-electron chi connectivity index (χ0n) is 11.1. The number of sulfonamides is 1. The first-order chi connectivity index (χ1) is 9.94. The van der Waals surface area contributed by atoms with Crippen molar-refractivity contribution in [1.82, 2.24) is 4.98 Å². The molecule has 0 bridgehead atoms. The molecule has 0 unspecified atom stereocenters. The number of hydrogen-bond acceptors (Lipinski definition) is 4. The molecule has 0 atom stereocenters. The molecule has 0 fully saturated rings. The number of aromatic nitrogens is 1. The second-order valence-electron chi connectivity index (χ2n) is 4.12. The van der Waals surface area contributed by atoms with Crippen molar-refractivity contribution in [2.75, 3.05) is 16.6 Å². The van der Waals surface area contributed by atoms with Crippen molar-refractivity contribution in [1.29, 1.82) is 0 Å². The molecule has 1 heterocycles. The summed E-state index contributed by atoms with van der Waals surface area (Å²) in [6.07, 6.45) is 1.32. The summed E-state index contributed by atoms with van der Waals surface area (Å²) in [5.74, 6) is -1.79. The van der Waals surface area contributed by atoms with E-state index >= 15 is 0 Å². The lowest BCUT2D eigenvalue weighted by atomic mass is 10.3. The molecule has 2 aromatic rings. The van der Waals surface area contributed by atoms with E-state index in [1.807, 2.05) is 0 Å². The van der Waals surface area contributed by atoms with Crippen molar-refractivity contribution in [3.63, 3.8) is 0 Å². The lowest BCUT2D eigenvalue weighted by Gasteiger charge is -2.12. The van der Waals surface area contributed by atoms with E-state index < -0.39 is 21.7 Å². The molecular formula is C13H13F2N3O2S. The lowest BCUT2D eigenvalue weighted by molar-refractivity contribution is 0.582. The van der Waals surface area contributed by atoms with E-state index in [-0.39, 0.29) is 10.7 Å². The highest BCUT2D eigenvalue weighted by atomic mass is 32.2. The molecule has 0 radical (unpaired) electrons. The number of hydrogen-bond donors (Lipinski definition) is 2. The van der Waals surface area contributed by atoms with Gasteiger partial charge in [0.2, 0.25) is 0 Å². The van der Waals surface area contributed by atoms with Gasteiger partial charge in [0.25, 0.3) is 10.0 Å². The van der Waals surface area contributed by atoms with Gasteiger partial charge in [-0.2, -0.15) is 8.42 Å². The molecule has 5 nitrogen and oxygen atoms in total. The zero-order chi connectivity index (χ0) is 15.5. The first-order valence-electron chi connectivity index (χ1n) is 6.11. The van der Waals surface area contributed by atoms with Gasteiger partial charge in [-0.15, -0.1) is 0 Å². The van der Waals surface area contributed by atoms with Gasteiger partial charge < -0.3 is 5.32 Å². The third-order valence-corrected chi connectivity index (χ3v) is 3.89. The van der Waals surface area contributed by atoms with E-state index in [0.717, 1.165) is 12.1 Å². The van der Waals surface area contributed by atoms with Crippen molar-refractivity contribution >= 4 is 21.4 Å². The summed E-state index contributed by atoms with van der Waals surface area (Å²) < 4.78 is 52.9. The van der Waals surface area contributed by atoms with Crippen LogP contribution in [-0.2, 0) is 10.0 Å². The van der Waals surface area contributed by atoms with Gasteiger partial charge in [-0.1, -0.05) is 0 Å². The van der Waals surface area contributed by atoms with Crippen LogP contribution < -0.4 is 10.0 Å². The van der Waals surface area contributed by atoms with Gasteiger partial charge in [0, 0.05) is 18.8 Å². The molecule has 0 aliphatic rings. The van der Waals surface area contributed by atoms with Crippen molar-refractivity contribution in [2.45, 2.75) is 11.9 Å². The van der Waals surface area contributed by atoms with E-state index in [2.05, 4.69) is 15.0 Å². The Balaban J connectivity index is 2.39. The maximum atomic E-state index is 13.5. The van der Waals surface area contributed by atoms with Gasteiger partial charge >= 0.3 is 0 Å². The standard InChI is InChI=1S/C13H13F2N3O2S/c1-2-16-12-4-3-7-17-13(12)21(19,20)18-11-6-5-9(14)8-10(11)15/h3-8,16,18H,2H2,1H3. The third-order valence-electron chi connectivity index (χ3n) is 2.57. The molecular weight excluding hydrogens is 300 g/mol. The molecule has 2 rings (SSSR count). The lowest BCUT2D eigenvalue weighted by Crippen LogP contribution is -2.17. The zero-order valence-corrected chi connectivity index (χ0v) is 11.9. The second kappa shape index (κ2) is 6.04. The average Bonchev–Trinajstić information content (AvgIpc) is 2.43. The van der Waals surface area contributed by atoms with Crippen LogP contribution in [0.25, 0.3) is 0 Å². The van der Waals surface area contributed by atoms with Crippen LogP contribution in [0.3, 0.4) is 0 Å². The third kappa shape index (κ3) is 3.46. The van der Waals surface area contributed by atoms with Crippen molar-refractivity contribution in [3.05, 3.63) is 48.2 Å². The smallest absolute Gasteiger partial charge is 0.281 e. The van der Waals surface area contributed by atoms with Gasteiger partial charge in [-0.3, -0.25) is 4.72 Å². The number of nitrogens with zero attached hydrogens (tertiary/aromatic N) is 1. The summed E-state index contributed by atoms with van der Waals surface area (Å²) in [6.45, 7) is 2.30. The maximum absolute atomic E-state index is 13.5. The van der Waals surface area contributed by atoms with Gasteiger partial charge in [0.15, 0.2) is 5.03 Å². The van der Waals surface area contributed by atoms with Crippen LogP contribution in [0.2, 0.25) is 0 Å². The van der Waals surface area contributed by atoms with E-state index in [0.29, 0.717) is 18.3 Å². The van der Waals surface area contributed by atoms with Crippen LogP contribution in [0.15, 0.2) is 41.6 Å². The van der Waals surface area contributed by atoms with Crippen LogP contribution in [-0.4, -0.2) is 19.9 Å². The van der Waals surface area contributed by atoms with E-state index in [1.54, 1.807) is 19.1 Å². The minimum Gasteiger partial charge on any atom is -0.383 e. The highest BCUT2D eigenvalue weighted by Gasteiger charge is 2.21. The van der Waals surface area contributed by atoms with Crippen LogP contribution >= 0.6 is 0 Å². The van der Waals surface area contributed by atoms with E-state index in [4.69, 9.17) is 0 Å². The molecule has 0 amide bonds. The molecule has 21 heavy (non-hydrogen) atoms. The molecule has 112 valence electrons. The summed E-state index contributed by atoms with van der Waals surface area (Å²) in [4.78, 5) is 3.80. The number of anilines is 2. The Labute approximate surface area is 121 Å². The van der Waals surface area contributed by atoms with Gasteiger partial charge in [-0.25, -0.2) is 13.8 Å². The summed E-state index contributed by atoms with van der Waals surface area (Å²) in [5, 5.41) is 2.60. The van der Waals surface area contributed by atoms with Crippen LogP contribution in [0.1, 0.15) is 6.92 Å². The van der Waals surface area contributed by atoms with Gasteiger partial charge in [-0.05, 0) is 31.2 Å². The largest absolute Gasteiger partial charge is 0.383 e. The Morgan fingerprint density at radius 2 is 1.95 bits per heavy atom. The SMILES string of the molecule is CCNc1cccnc1S(=O)(=O)Nc1ccc(F)cc1F. The summed E-state index contributed by atoms with van der Waals surface area (Å²) in [6, 6.07) is 5.70. The first kappa shape index (κ1) is 15.2. The fraction of sp³-hybridized carbons (Fsp3) is 0.154. The Bertz CT molecular complexity index is 751. The molecule has 0 saturated heterocycles. The van der Waals surface area contributed by atoms with Crippen molar-refractivity contribution in [3.8, 4) is 0 Å². The van der Waals surface area contributed by atoms with Crippen LogP contribution in [0, 0.1) is 11.6 Å². The molecule has 1 aromatic heterocycles. The summed E-state index contributed by atoms with van der Waals surface area (Å²) in [7, 11) is -4.09. The van der Waals surface area contributed by atoms with Crippen LogP contribution in [0.4, 0.5) is 20.2 Å². The van der Waals surface area contributed by atoms with E-state index in [9.17, 15) is 17.2 Å². The minimum absolute atomic E-state index is 0.254. The highest BCUT2D eigenvalue weighted by molar-refractivity contribution is 7.92. The molecule has 1 aromatic carbocycles. The predicted molar refractivity (Wildman–Crippen MR) is 75.6 cm³/mol. The van der Waals surface area contributed by atoms with Gasteiger partial charge in [0.1, 0.15) is 11.6 Å². The summed E-state index contributed by atoms with van der Waals surface area (Å²) >= 11 is 0. The highest BCUT2D eigenvalue weighted by Crippen LogP contribution is 2.23.